The fourth-order valence-electron chi connectivity index (χ4n) is 4.68. The van der Waals surface area contributed by atoms with E-state index in [0.717, 1.165) is 44.7 Å². The van der Waals surface area contributed by atoms with Gasteiger partial charge in [0.1, 0.15) is 17.2 Å². The lowest BCUT2D eigenvalue weighted by Gasteiger charge is -2.29. The van der Waals surface area contributed by atoms with Crippen LogP contribution in [0.25, 0.3) is 0 Å². The Bertz CT molecular complexity index is 1010. The zero-order chi connectivity index (χ0) is 26.8. The normalized spacial score (nSPS) is 19.9. The first-order valence-corrected chi connectivity index (χ1v) is 11.5. The van der Waals surface area contributed by atoms with Crippen LogP contribution < -0.4 is 4.74 Å². The first-order chi connectivity index (χ1) is 16.7. The van der Waals surface area contributed by atoms with Crippen molar-refractivity contribution in [2.75, 3.05) is 0 Å². The minimum atomic E-state index is -5.39. The molecule has 1 aliphatic rings. The van der Waals surface area contributed by atoms with Crippen LogP contribution >= 0.6 is 0 Å². The van der Waals surface area contributed by atoms with Gasteiger partial charge in [0.2, 0.25) is 5.75 Å². The molecule has 0 saturated heterocycles. The predicted octanol–water partition coefficient (Wildman–Crippen LogP) is 9.04. The molecule has 2 aromatic carbocycles. The summed E-state index contributed by atoms with van der Waals surface area (Å²) in [5.41, 5.74) is -2.05. The number of ether oxygens (including phenoxy) is 2. The molecular weight excluding hydrogens is 503 g/mol. The smallest absolute Gasteiger partial charge is 0.399 e. The van der Waals surface area contributed by atoms with Crippen molar-refractivity contribution in [3.63, 3.8) is 0 Å². The monoisotopic (exact) mass is 528 g/mol. The third-order valence-electron chi connectivity index (χ3n) is 6.40. The Balaban J connectivity index is 1.78. The van der Waals surface area contributed by atoms with Crippen molar-refractivity contribution in [1.82, 2.24) is 0 Å². The molecule has 0 amide bonds. The maximum Gasteiger partial charge on any atom is 0.573 e. The molecule has 1 atom stereocenters. The van der Waals surface area contributed by atoms with E-state index in [-0.39, 0.29) is 11.5 Å². The Morgan fingerprint density at radius 3 is 1.83 bits per heavy atom. The third kappa shape index (κ3) is 6.66. The van der Waals surface area contributed by atoms with E-state index in [1.165, 1.54) is 0 Å². The van der Waals surface area contributed by atoms with E-state index in [9.17, 15) is 39.5 Å². The summed E-state index contributed by atoms with van der Waals surface area (Å²) < 4.78 is 131. The van der Waals surface area contributed by atoms with Crippen molar-refractivity contribution in [3.05, 3.63) is 64.2 Å². The maximum absolute atomic E-state index is 14.8. The molecule has 0 aromatic heterocycles. The third-order valence-corrected chi connectivity index (χ3v) is 6.40. The molecule has 0 heterocycles. The van der Waals surface area contributed by atoms with E-state index in [1.807, 2.05) is 0 Å². The average Bonchev–Trinajstić information content (AvgIpc) is 2.75. The summed E-state index contributed by atoms with van der Waals surface area (Å²) in [6, 6.07) is 2.28. The molecule has 11 heteroatoms. The van der Waals surface area contributed by atoms with Gasteiger partial charge in [-0.25, -0.2) is 17.6 Å². The van der Waals surface area contributed by atoms with Crippen molar-refractivity contribution < 1.29 is 49.0 Å². The topological polar surface area (TPSA) is 18.5 Å². The maximum atomic E-state index is 14.8. The van der Waals surface area contributed by atoms with Crippen LogP contribution in [0.15, 0.2) is 24.3 Å². The molecule has 200 valence electrons. The van der Waals surface area contributed by atoms with Crippen molar-refractivity contribution in [2.24, 2.45) is 5.92 Å². The molecule has 2 aromatic rings. The molecule has 2 nitrogen and oxygen atoms in total. The molecule has 0 aliphatic heterocycles. The van der Waals surface area contributed by atoms with E-state index in [4.69, 9.17) is 0 Å². The quantitative estimate of drug-likeness (QED) is 0.318. The fraction of sp³-hybridized carbons (Fsp3) is 0.520. The number of hydrogen-bond acceptors (Lipinski definition) is 2. The molecule has 1 saturated carbocycles. The lowest BCUT2D eigenvalue weighted by Crippen LogP contribution is -2.24. The van der Waals surface area contributed by atoms with Crippen LogP contribution in [0.1, 0.15) is 81.1 Å². The summed E-state index contributed by atoms with van der Waals surface area (Å²) in [5.74, 6) is -8.14. The van der Waals surface area contributed by atoms with Crippen LogP contribution in [0.4, 0.5) is 39.5 Å². The van der Waals surface area contributed by atoms with Gasteiger partial charge in [0, 0.05) is 0 Å². The number of rotatable bonds is 8. The lowest BCUT2D eigenvalue weighted by molar-refractivity contribution is -0.276. The highest BCUT2D eigenvalue weighted by Crippen LogP contribution is 2.42. The molecular formula is C25H25F9O2. The molecule has 0 N–H and O–H groups in total. The fourth-order valence-corrected chi connectivity index (χ4v) is 4.68. The highest BCUT2D eigenvalue weighted by molar-refractivity contribution is 5.33. The molecule has 0 radical (unpaired) electrons. The van der Waals surface area contributed by atoms with E-state index in [1.54, 1.807) is 0 Å². The average molecular weight is 528 g/mol. The SMILES string of the molecule is CCCC1CCC(c2cc(F)c(C(F)(F)OC(C)c3cc(F)c(OC(F)(F)F)c(F)c3)c(F)c2)CC1. The van der Waals surface area contributed by atoms with Gasteiger partial charge in [-0.1, -0.05) is 19.8 Å². The minimum absolute atomic E-state index is 0.173. The van der Waals surface area contributed by atoms with Crippen molar-refractivity contribution in [2.45, 2.75) is 76.9 Å². The van der Waals surface area contributed by atoms with Gasteiger partial charge < -0.3 is 9.47 Å². The van der Waals surface area contributed by atoms with E-state index < -0.39 is 58.7 Å². The molecule has 1 aliphatic carbocycles. The summed E-state index contributed by atoms with van der Waals surface area (Å²) >= 11 is 0. The first kappa shape index (κ1) is 28.1. The summed E-state index contributed by atoms with van der Waals surface area (Å²) in [6.07, 6.45) is -6.62. The highest BCUT2D eigenvalue weighted by Gasteiger charge is 2.42. The van der Waals surface area contributed by atoms with Crippen molar-refractivity contribution in [1.29, 1.82) is 0 Å². The Morgan fingerprint density at radius 2 is 1.36 bits per heavy atom. The molecule has 3 rings (SSSR count). The Morgan fingerprint density at radius 1 is 0.833 bits per heavy atom. The number of halogens is 9. The van der Waals surface area contributed by atoms with Gasteiger partial charge in [0.15, 0.2) is 11.6 Å². The predicted molar refractivity (Wildman–Crippen MR) is 112 cm³/mol. The Hall–Kier alpha value is -2.43. The van der Waals surface area contributed by atoms with Crippen LogP contribution in [-0.2, 0) is 10.8 Å². The van der Waals surface area contributed by atoms with Gasteiger partial charge in [0.05, 0.1) is 6.10 Å². The van der Waals surface area contributed by atoms with Crippen LogP contribution in [0.2, 0.25) is 0 Å². The van der Waals surface area contributed by atoms with Crippen molar-refractivity contribution in [3.8, 4) is 5.75 Å². The van der Waals surface area contributed by atoms with Crippen LogP contribution in [0.5, 0.6) is 5.75 Å². The molecule has 0 bridgehead atoms. The molecule has 1 fully saturated rings. The zero-order valence-electron chi connectivity index (χ0n) is 19.5. The number of alkyl halides is 5. The van der Waals surface area contributed by atoms with Crippen LogP contribution in [0, 0.1) is 29.2 Å². The van der Waals surface area contributed by atoms with Gasteiger partial charge >= 0.3 is 12.5 Å². The van der Waals surface area contributed by atoms with Gasteiger partial charge in [-0.3, -0.25) is 0 Å². The van der Waals surface area contributed by atoms with Gasteiger partial charge in [0.25, 0.3) is 0 Å². The highest BCUT2D eigenvalue weighted by atomic mass is 19.4. The minimum Gasteiger partial charge on any atom is -0.399 e. The first-order valence-electron chi connectivity index (χ1n) is 11.5. The zero-order valence-corrected chi connectivity index (χ0v) is 19.5. The van der Waals surface area contributed by atoms with Crippen LogP contribution in [-0.4, -0.2) is 6.36 Å². The van der Waals surface area contributed by atoms with E-state index in [0.29, 0.717) is 30.9 Å². The Labute approximate surface area is 202 Å². The second-order valence-corrected chi connectivity index (χ2v) is 9.00. The van der Waals surface area contributed by atoms with Gasteiger partial charge in [-0.2, -0.15) is 8.78 Å². The van der Waals surface area contributed by atoms with Gasteiger partial charge in [-0.15, -0.1) is 13.2 Å². The summed E-state index contributed by atoms with van der Waals surface area (Å²) in [7, 11) is 0. The standard InChI is InChI=1S/C25H25F9O2/c1-3-4-14-5-7-15(8-6-14)17-11-18(26)22(19(27)12-17)24(30,31)35-13(2)16-9-20(28)23(21(29)10-16)36-25(32,33)34/h9-15H,3-8H2,1-2H3. The second-order valence-electron chi connectivity index (χ2n) is 9.00. The van der Waals surface area contributed by atoms with Crippen molar-refractivity contribution >= 4 is 0 Å². The summed E-state index contributed by atoms with van der Waals surface area (Å²) in [6.45, 7) is 2.97. The summed E-state index contributed by atoms with van der Waals surface area (Å²) in [5, 5.41) is 0. The van der Waals surface area contributed by atoms with Gasteiger partial charge in [-0.05, 0) is 79.8 Å². The van der Waals surface area contributed by atoms with E-state index in [2.05, 4.69) is 16.4 Å². The summed E-state index contributed by atoms with van der Waals surface area (Å²) in [4.78, 5) is 0. The Kier molecular flexibility index (Phi) is 8.52. The molecule has 36 heavy (non-hydrogen) atoms. The lowest BCUT2D eigenvalue weighted by atomic mass is 9.77. The van der Waals surface area contributed by atoms with Crippen LogP contribution in [0.3, 0.4) is 0 Å². The van der Waals surface area contributed by atoms with E-state index >= 15 is 0 Å². The molecule has 0 spiro atoms. The second kappa shape index (κ2) is 10.9. The number of benzene rings is 2. The largest absolute Gasteiger partial charge is 0.573 e. The number of hydrogen-bond donors (Lipinski definition) is 0. The molecule has 1 unspecified atom stereocenters.